The lowest BCUT2D eigenvalue weighted by atomic mass is 9.90. The van der Waals surface area contributed by atoms with E-state index in [4.69, 9.17) is 5.73 Å². The lowest BCUT2D eigenvalue weighted by Gasteiger charge is -2.31. The van der Waals surface area contributed by atoms with E-state index >= 15 is 0 Å². The number of nitrogens with one attached hydrogen (secondary N) is 1. The van der Waals surface area contributed by atoms with Crippen LogP contribution in [0.25, 0.3) is 0 Å². The molecule has 1 rings (SSSR count). The Morgan fingerprint density at radius 1 is 1.53 bits per heavy atom. The van der Waals surface area contributed by atoms with Crippen molar-refractivity contribution in [3.63, 3.8) is 0 Å². The van der Waals surface area contributed by atoms with Crippen molar-refractivity contribution in [3.8, 4) is 0 Å². The first-order valence-corrected chi connectivity index (χ1v) is 7.38. The zero-order valence-electron chi connectivity index (χ0n) is 12.2. The van der Waals surface area contributed by atoms with Gasteiger partial charge in [0.25, 0.3) is 5.91 Å². The third kappa shape index (κ3) is 5.13. The Balaban J connectivity index is 0.00000324. The average Bonchev–Trinajstić information content (AvgIpc) is 2.75. The van der Waals surface area contributed by atoms with Gasteiger partial charge >= 0.3 is 0 Å². The second-order valence-electron chi connectivity index (χ2n) is 5.45. The summed E-state index contributed by atoms with van der Waals surface area (Å²) in [6.07, 6.45) is 1.78. The summed E-state index contributed by atoms with van der Waals surface area (Å²) < 4.78 is 0. The molecule has 1 aromatic heterocycles. The maximum Gasteiger partial charge on any atom is 0.262 e. The molecule has 5 heteroatoms. The SMILES string of the molecule is CCc1ccsc1C(=O)NC(C)(CN)CC(C)C.Cl. The molecular formula is C14H25ClN2OS. The highest BCUT2D eigenvalue weighted by atomic mass is 35.5. The van der Waals surface area contributed by atoms with Gasteiger partial charge in [0.15, 0.2) is 0 Å². The molecule has 19 heavy (non-hydrogen) atoms. The van der Waals surface area contributed by atoms with Gasteiger partial charge in [-0.2, -0.15) is 0 Å². The standard InChI is InChI=1S/C14H24N2OS.ClH/c1-5-11-6-7-18-12(11)13(17)16-14(4,9-15)8-10(2)3;/h6-7,10H,5,8-9,15H2,1-4H3,(H,16,17);1H. The predicted molar refractivity (Wildman–Crippen MR) is 85.3 cm³/mol. The average molecular weight is 305 g/mol. The van der Waals surface area contributed by atoms with Gasteiger partial charge in [0, 0.05) is 6.54 Å². The van der Waals surface area contributed by atoms with Crippen molar-refractivity contribution in [3.05, 3.63) is 21.9 Å². The molecule has 1 amide bonds. The molecule has 0 fully saturated rings. The fourth-order valence-corrected chi connectivity index (χ4v) is 3.12. The highest BCUT2D eigenvalue weighted by Crippen LogP contribution is 2.20. The molecule has 0 aliphatic carbocycles. The third-order valence-corrected chi connectivity index (χ3v) is 4.01. The quantitative estimate of drug-likeness (QED) is 0.848. The number of rotatable bonds is 6. The molecule has 0 saturated heterocycles. The first kappa shape index (κ1) is 18.4. The van der Waals surface area contributed by atoms with Crippen LogP contribution in [0, 0.1) is 5.92 Å². The Labute approximate surface area is 126 Å². The summed E-state index contributed by atoms with van der Waals surface area (Å²) in [5.41, 5.74) is 6.61. The molecule has 0 spiro atoms. The molecular weight excluding hydrogens is 280 g/mol. The minimum atomic E-state index is -0.319. The lowest BCUT2D eigenvalue weighted by Crippen LogP contribution is -2.52. The van der Waals surface area contributed by atoms with E-state index < -0.39 is 0 Å². The van der Waals surface area contributed by atoms with Gasteiger partial charge in [0.05, 0.1) is 10.4 Å². The highest BCUT2D eigenvalue weighted by Gasteiger charge is 2.27. The van der Waals surface area contributed by atoms with Crippen LogP contribution in [0.1, 0.15) is 49.4 Å². The molecule has 0 aromatic carbocycles. The van der Waals surface area contributed by atoms with Gasteiger partial charge in [-0.3, -0.25) is 4.79 Å². The number of amides is 1. The Bertz CT molecular complexity index is 406. The summed E-state index contributed by atoms with van der Waals surface area (Å²) in [6, 6.07) is 2.02. The summed E-state index contributed by atoms with van der Waals surface area (Å²) >= 11 is 1.50. The second-order valence-corrected chi connectivity index (χ2v) is 6.36. The molecule has 110 valence electrons. The van der Waals surface area contributed by atoms with Crippen molar-refractivity contribution >= 4 is 29.7 Å². The molecule has 0 bridgehead atoms. The maximum atomic E-state index is 12.3. The van der Waals surface area contributed by atoms with Gasteiger partial charge in [-0.05, 0) is 42.7 Å². The van der Waals surface area contributed by atoms with Crippen LogP contribution in [-0.4, -0.2) is 18.0 Å². The van der Waals surface area contributed by atoms with E-state index in [1.54, 1.807) is 0 Å². The molecule has 1 atom stereocenters. The molecule has 0 aliphatic heterocycles. The van der Waals surface area contributed by atoms with Crippen molar-refractivity contribution in [1.82, 2.24) is 5.32 Å². The fourth-order valence-electron chi connectivity index (χ4n) is 2.23. The van der Waals surface area contributed by atoms with Crippen LogP contribution >= 0.6 is 23.7 Å². The van der Waals surface area contributed by atoms with E-state index in [9.17, 15) is 4.79 Å². The van der Waals surface area contributed by atoms with Crippen molar-refractivity contribution in [2.24, 2.45) is 11.7 Å². The first-order chi connectivity index (χ1) is 8.41. The van der Waals surface area contributed by atoms with Crippen molar-refractivity contribution in [2.45, 2.75) is 46.1 Å². The minimum Gasteiger partial charge on any atom is -0.345 e. The first-order valence-electron chi connectivity index (χ1n) is 6.50. The highest BCUT2D eigenvalue weighted by molar-refractivity contribution is 7.12. The third-order valence-electron chi connectivity index (χ3n) is 3.06. The molecule has 1 heterocycles. The molecule has 1 unspecified atom stereocenters. The molecule has 0 saturated carbocycles. The number of nitrogens with two attached hydrogens (primary N) is 1. The van der Waals surface area contributed by atoms with E-state index in [0.717, 1.165) is 23.3 Å². The van der Waals surface area contributed by atoms with E-state index in [1.165, 1.54) is 11.3 Å². The van der Waals surface area contributed by atoms with Crippen LogP contribution in [0.2, 0.25) is 0 Å². The Hall–Kier alpha value is -0.580. The fraction of sp³-hybridized carbons (Fsp3) is 0.643. The van der Waals surface area contributed by atoms with E-state index in [-0.39, 0.29) is 23.9 Å². The van der Waals surface area contributed by atoms with Crippen LogP contribution in [-0.2, 0) is 6.42 Å². The summed E-state index contributed by atoms with van der Waals surface area (Å²) in [5, 5.41) is 5.07. The smallest absolute Gasteiger partial charge is 0.262 e. The van der Waals surface area contributed by atoms with E-state index in [1.807, 2.05) is 18.4 Å². The van der Waals surface area contributed by atoms with Gasteiger partial charge < -0.3 is 11.1 Å². The lowest BCUT2D eigenvalue weighted by molar-refractivity contribution is 0.0901. The van der Waals surface area contributed by atoms with Crippen molar-refractivity contribution in [1.29, 1.82) is 0 Å². The number of carbonyl (C=O) groups excluding carboxylic acids is 1. The summed E-state index contributed by atoms with van der Waals surface area (Å²) in [7, 11) is 0. The second kappa shape index (κ2) is 7.88. The number of hydrogen-bond acceptors (Lipinski definition) is 3. The van der Waals surface area contributed by atoms with E-state index in [0.29, 0.717) is 12.5 Å². The van der Waals surface area contributed by atoms with Gasteiger partial charge in [0.2, 0.25) is 0 Å². The van der Waals surface area contributed by atoms with Crippen molar-refractivity contribution < 1.29 is 4.79 Å². The maximum absolute atomic E-state index is 12.3. The number of thiophene rings is 1. The number of carbonyl (C=O) groups is 1. The van der Waals surface area contributed by atoms with Crippen molar-refractivity contribution in [2.75, 3.05) is 6.54 Å². The van der Waals surface area contributed by atoms with Crippen LogP contribution < -0.4 is 11.1 Å². The molecule has 1 aromatic rings. The number of aryl methyl sites for hydroxylation is 1. The normalized spacial score (nSPS) is 13.8. The monoisotopic (exact) mass is 304 g/mol. The van der Waals surface area contributed by atoms with Gasteiger partial charge in [0.1, 0.15) is 0 Å². The number of halogens is 1. The topological polar surface area (TPSA) is 55.1 Å². The van der Waals surface area contributed by atoms with Crippen LogP contribution in [0.5, 0.6) is 0 Å². The van der Waals surface area contributed by atoms with Crippen LogP contribution in [0.3, 0.4) is 0 Å². The molecule has 3 nitrogen and oxygen atoms in total. The molecule has 3 N–H and O–H groups in total. The Kier molecular flexibility index (Phi) is 7.64. The van der Waals surface area contributed by atoms with Gasteiger partial charge in [-0.15, -0.1) is 23.7 Å². The summed E-state index contributed by atoms with van der Waals surface area (Å²) in [6.45, 7) is 8.83. The largest absolute Gasteiger partial charge is 0.345 e. The van der Waals surface area contributed by atoms with Crippen LogP contribution in [0.4, 0.5) is 0 Å². The zero-order valence-corrected chi connectivity index (χ0v) is 13.8. The summed E-state index contributed by atoms with van der Waals surface area (Å²) in [5.74, 6) is 0.517. The van der Waals surface area contributed by atoms with E-state index in [2.05, 4.69) is 26.1 Å². The zero-order chi connectivity index (χ0) is 13.8. The minimum absolute atomic E-state index is 0. The molecule has 0 aliphatic rings. The van der Waals surface area contributed by atoms with Crippen LogP contribution in [0.15, 0.2) is 11.4 Å². The van der Waals surface area contributed by atoms with Gasteiger partial charge in [-0.25, -0.2) is 0 Å². The Morgan fingerprint density at radius 3 is 2.63 bits per heavy atom. The number of hydrogen-bond donors (Lipinski definition) is 2. The van der Waals surface area contributed by atoms with Gasteiger partial charge in [-0.1, -0.05) is 20.8 Å². The summed E-state index contributed by atoms with van der Waals surface area (Å²) in [4.78, 5) is 13.1. The predicted octanol–water partition coefficient (Wildman–Crippen LogP) is 3.23. The Morgan fingerprint density at radius 2 is 2.16 bits per heavy atom. The molecule has 0 radical (unpaired) electrons.